The largest absolute Gasteiger partial charge is 0.384 e. The van der Waals surface area contributed by atoms with Crippen molar-refractivity contribution in [3.63, 3.8) is 0 Å². The monoisotopic (exact) mass is 260 g/mol. The summed E-state index contributed by atoms with van der Waals surface area (Å²) in [6.45, 7) is 8.99. The SMILES string of the molecule is CCCNc1c(CC)c(C)nc2c(F)cc(C)cc12. The number of benzene rings is 1. The van der Waals surface area contributed by atoms with E-state index in [1.54, 1.807) is 6.07 Å². The van der Waals surface area contributed by atoms with Crippen molar-refractivity contribution in [1.29, 1.82) is 0 Å². The highest BCUT2D eigenvalue weighted by Gasteiger charge is 2.14. The molecule has 0 aliphatic heterocycles. The van der Waals surface area contributed by atoms with Gasteiger partial charge in [0.2, 0.25) is 0 Å². The van der Waals surface area contributed by atoms with Gasteiger partial charge >= 0.3 is 0 Å². The molecule has 2 aromatic rings. The second-order valence-corrected chi connectivity index (χ2v) is 4.97. The molecule has 0 radical (unpaired) electrons. The number of hydrogen-bond acceptors (Lipinski definition) is 2. The van der Waals surface area contributed by atoms with Gasteiger partial charge in [0.05, 0.1) is 0 Å². The van der Waals surface area contributed by atoms with Crippen LogP contribution in [0.15, 0.2) is 12.1 Å². The number of halogens is 1. The third-order valence-electron chi connectivity index (χ3n) is 3.40. The van der Waals surface area contributed by atoms with E-state index in [2.05, 4.69) is 24.1 Å². The minimum absolute atomic E-state index is 0.236. The molecule has 0 unspecified atom stereocenters. The molecule has 0 saturated heterocycles. The van der Waals surface area contributed by atoms with Crippen molar-refractivity contribution >= 4 is 16.6 Å². The molecule has 1 aromatic carbocycles. The van der Waals surface area contributed by atoms with Crippen molar-refractivity contribution in [2.24, 2.45) is 0 Å². The molecule has 0 aliphatic carbocycles. The second kappa shape index (κ2) is 5.55. The van der Waals surface area contributed by atoms with Gasteiger partial charge in [0, 0.05) is 23.3 Å². The molecule has 1 heterocycles. The van der Waals surface area contributed by atoms with Gasteiger partial charge in [0.1, 0.15) is 11.3 Å². The Morgan fingerprint density at radius 1 is 1.21 bits per heavy atom. The Kier molecular flexibility index (Phi) is 4.03. The molecular formula is C16H21FN2. The van der Waals surface area contributed by atoms with Crippen molar-refractivity contribution in [2.45, 2.75) is 40.5 Å². The average molecular weight is 260 g/mol. The Hall–Kier alpha value is -1.64. The van der Waals surface area contributed by atoms with Gasteiger partial charge in [0.15, 0.2) is 0 Å². The Morgan fingerprint density at radius 2 is 1.95 bits per heavy atom. The summed E-state index contributed by atoms with van der Waals surface area (Å²) in [5.74, 6) is -0.236. The predicted molar refractivity (Wildman–Crippen MR) is 79.3 cm³/mol. The van der Waals surface area contributed by atoms with Crippen molar-refractivity contribution in [3.05, 3.63) is 34.8 Å². The summed E-state index contributed by atoms with van der Waals surface area (Å²) in [5.41, 5.74) is 4.55. The quantitative estimate of drug-likeness (QED) is 0.882. The lowest BCUT2D eigenvalue weighted by molar-refractivity contribution is 0.635. The second-order valence-electron chi connectivity index (χ2n) is 4.97. The smallest absolute Gasteiger partial charge is 0.149 e. The first-order chi connectivity index (χ1) is 9.08. The molecule has 1 N–H and O–H groups in total. The number of pyridine rings is 1. The molecule has 0 atom stereocenters. The molecular weight excluding hydrogens is 239 g/mol. The fourth-order valence-electron chi connectivity index (χ4n) is 2.50. The zero-order valence-corrected chi connectivity index (χ0v) is 12.1. The van der Waals surface area contributed by atoms with Crippen LogP contribution >= 0.6 is 0 Å². The minimum Gasteiger partial charge on any atom is -0.384 e. The number of aryl methyl sites for hydroxylation is 2. The highest BCUT2D eigenvalue weighted by molar-refractivity contribution is 5.94. The number of fused-ring (bicyclic) bond motifs is 1. The van der Waals surface area contributed by atoms with Crippen molar-refractivity contribution in [3.8, 4) is 0 Å². The zero-order chi connectivity index (χ0) is 14.0. The Morgan fingerprint density at radius 3 is 2.58 bits per heavy atom. The number of nitrogens with zero attached hydrogens (tertiary/aromatic N) is 1. The van der Waals surface area contributed by atoms with E-state index in [9.17, 15) is 4.39 Å². The van der Waals surface area contributed by atoms with E-state index in [4.69, 9.17) is 0 Å². The lowest BCUT2D eigenvalue weighted by Crippen LogP contribution is -2.07. The van der Waals surface area contributed by atoms with E-state index in [1.807, 2.05) is 19.9 Å². The number of aromatic nitrogens is 1. The maximum atomic E-state index is 14.1. The van der Waals surface area contributed by atoms with E-state index in [0.717, 1.165) is 41.7 Å². The van der Waals surface area contributed by atoms with Crippen LogP contribution in [0.5, 0.6) is 0 Å². The fourth-order valence-corrected chi connectivity index (χ4v) is 2.50. The molecule has 0 saturated carbocycles. The van der Waals surface area contributed by atoms with Crippen molar-refractivity contribution in [1.82, 2.24) is 4.98 Å². The lowest BCUT2D eigenvalue weighted by atomic mass is 10.0. The molecule has 19 heavy (non-hydrogen) atoms. The average Bonchev–Trinajstić information content (AvgIpc) is 2.37. The van der Waals surface area contributed by atoms with Crippen LogP contribution in [0.1, 0.15) is 37.1 Å². The third-order valence-corrected chi connectivity index (χ3v) is 3.40. The molecule has 102 valence electrons. The van der Waals surface area contributed by atoms with Gasteiger partial charge in [-0.3, -0.25) is 0 Å². The molecule has 3 heteroatoms. The van der Waals surface area contributed by atoms with Crippen LogP contribution in [0.4, 0.5) is 10.1 Å². The van der Waals surface area contributed by atoms with Gasteiger partial charge in [0.25, 0.3) is 0 Å². The summed E-state index contributed by atoms with van der Waals surface area (Å²) < 4.78 is 14.1. The maximum absolute atomic E-state index is 14.1. The van der Waals surface area contributed by atoms with Crippen LogP contribution < -0.4 is 5.32 Å². The number of anilines is 1. The van der Waals surface area contributed by atoms with Gasteiger partial charge < -0.3 is 5.32 Å². The van der Waals surface area contributed by atoms with Crippen LogP contribution in [-0.4, -0.2) is 11.5 Å². The van der Waals surface area contributed by atoms with Gasteiger partial charge in [-0.2, -0.15) is 0 Å². The molecule has 0 fully saturated rings. The fraction of sp³-hybridized carbons (Fsp3) is 0.438. The summed E-state index contributed by atoms with van der Waals surface area (Å²) in [7, 11) is 0. The maximum Gasteiger partial charge on any atom is 0.149 e. The van der Waals surface area contributed by atoms with Crippen LogP contribution in [0.25, 0.3) is 10.9 Å². The minimum atomic E-state index is -0.236. The number of rotatable bonds is 4. The summed E-state index contributed by atoms with van der Waals surface area (Å²) in [5, 5.41) is 4.34. The van der Waals surface area contributed by atoms with Gasteiger partial charge in [-0.25, -0.2) is 9.37 Å². The van der Waals surface area contributed by atoms with Crippen molar-refractivity contribution in [2.75, 3.05) is 11.9 Å². The first kappa shape index (κ1) is 13.8. The number of nitrogens with one attached hydrogen (secondary N) is 1. The molecule has 0 amide bonds. The van der Waals surface area contributed by atoms with E-state index < -0.39 is 0 Å². The summed E-state index contributed by atoms with van der Waals surface area (Å²) >= 11 is 0. The molecule has 2 nitrogen and oxygen atoms in total. The molecule has 0 spiro atoms. The summed E-state index contributed by atoms with van der Waals surface area (Å²) in [6.07, 6.45) is 1.94. The van der Waals surface area contributed by atoms with Crippen LogP contribution in [0.2, 0.25) is 0 Å². The van der Waals surface area contributed by atoms with E-state index in [1.165, 1.54) is 5.56 Å². The molecule has 2 rings (SSSR count). The molecule has 1 aromatic heterocycles. The molecule has 0 bridgehead atoms. The third kappa shape index (κ3) is 2.55. The number of hydrogen-bond donors (Lipinski definition) is 1. The first-order valence-electron chi connectivity index (χ1n) is 6.91. The predicted octanol–water partition coefficient (Wildman–Crippen LogP) is 4.38. The Labute approximate surface area is 114 Å². The first-order valence-corrected chi connectivity index (χ1v) is 6.91. The molecule has 0 aliphatic rings. The van der Waals surface area contributed by atoms with E-state index in [0.29, 0.717) is 5.52 Å². The highest BCUT2D eigenvalue weighted by atomic mass is 19.1. The Balaban J connectivity index is 2.76. The van der Waals surface area contributed by atoms with Crippen LogP contribution in [-0.2, 0) is 6.42 Å². The van der Waals surface area contributed by atoms with Crippen molar-refractivity contribution < 1.29 is 4.39 Å². The van der Waals surface area contributed by atoms with Gasteiger partial charge in [-0.1, -0.05) is 13.8 Å². The Bertz CT molecular complexity index is 605. The standard InChI is InChI=1S/C16H21FN2/c1-5-7-18-15-12(6-2)11(4)19-16-13(15)8-10(3)9-14(16)17/h8-9H,5-7H2,1-4H3,(H,18,19). The topological polar surface area (TPSA) is 24.9 Å². The highest BCUT2D eigenvalue weighted by Crippen LogP contribution is 2.31. The zero-order valence-electron chi connectivity index (χ0n) is 12.1. The van der Waals surface area contributed by atoms with Crippen LogP contribution in [0.3, 0.4) is 0 Å². The summed E-state index contributed by atoms with van der Waals surface area (Å²) in [6, 6.07) is 3.56. The van der Waals surface area contributed by atoms with Crippen LogP contribution in [0, 0.1) is 19.7 Å². The lowest BCUT2D eigenvalue weighted by Gasteiger charge is -2.16. The van der Waals surface area contributed by atoms with Gasteiger partial charge in [-0.15, -0.1) is 0 Å². The van der Waals surface area contributed by atoms with E-state index >= 15 is 0 Å². The van der Waals surface area contributed by atoms with E-state index in [-0.39, 0.29) is 5.82 Å². The van der Waals surface area contributed by atoms with Gasteiger partial charge in [-0.05, 0) is 49.9 Å². The summed E-state index contributed by atoms with van der Waals surface area (Å²) in [4.78, 5) is 4.44. The normalized spacial score (nSPS) is 11.0.